The Kier molecular flexibility index (Phi) is 10.3. The van der Waals surface area contributed by atoms with Gasteiger partial charge in [0.2, 0.25) is 0 Å². The van der Waals surface area contributed by atoms with Gasteiger partial charge >= 0.3 is 6.09 Å². The van der Waals surface area contributed by atoms with Gasteiger partial charge in [0.15, 0.2) is 11.5 Å². The summed E-state index contributed by atoms with van der Waals surface area (Å²) in [5, 5.41) is 0. The minimum Gasteiger partial charge on any atom is -0.493 e. The quantitative estimate of drug-likeness (QED) is 0.485. The fraction of sp³-hybridized carbons (Fsp3) is 0.731. The van der Waals surface area contributed by atoms with Gasteiger partial charge in [0, 0.05) is 39.3 Å². The standard InChI is InChI=1S/C26H44N2O5/c1-18(2)20(15-21-16-28(17-22(21)27)25(29)33-26(3,4)5)13-19-9-10-23(31-7)24(14-19)32-12-8-11-30-6/h9-10,14,18,20-22H,8,11-13,15-17,27H2,1-7H3/t20-,21-,22+/m0/s1. The highest BCUT2D eigenvalue weighted by atomic mass is 16.6. The lowest BCUT2D eigenvalue weighted by Gasteiger charge is -2.27. The van der Waals surface area contributed by atoms with Crippen molar-refractivity contribution < 1.29 is 23.7 Å². The number of hydrogen-bond acceptors (Lipinski definition) is 6. The lowest BCUT2D eigenvalue weighted by molar-refractivity contribution is 0.0284. The molecule has 1 aromatic rings. The van der Waals surface area contributed by atoms with Gasteiger partial charge < -0.3 is 29.6 Å². The Morgan fingerprint density at radius 3 is 2.48 bits per heavy atom. The van der Waals surface area contributed by atoms with E-state index in [-0.39, 0.29) is 18.1 Å². The fourth-order valence-corrected chi connectivity index (χ4v) is 4.25. The van der Waals surface area contributed by atoms with Crippen LogP contribution < -0.4 is 15.2 Å². The first kappa shape index (κ1) is 27.3. The molecule has 3 atom stereocenters. The van der Waals surface area contributed by atoms with Gasteiger partial charge in [0.05, 0.1) is 13.7 Å². The molecule has 1 amide bonds. The molecule has 1 heterocycles. The van der Waals surface area contributed by atoms with Crippen molar-refractivity contribution in [3.63, 3.8) is 0 Å². The second kappa shape index (κ2) is 12.5. The third kappa shape index (κ3) is 8.70. The minimum atomic E-state index is -0.503. The Balaban J connectivity index is 2.03. The predicted molar refractivity (Wildman–Crippen MR) is 131 cm³/mol. The molecule has 0 aliphatic carbocycles. The van der Waals surface area contributed by atoms with Crippen LogP contribution in [0.1, 0.15) is 53.0 Å². The van der Waals surface area contributed by atoms with E-state index in [2.05, 4.69) is 26.0 Å². The number of amides is 1. The summed E-state index contributed by atoms with van der Waals surface area (Å²) < 4.78 is 22.1. The van der Waals surface area contributed by atoms with Crippen molar-refractivity contribution >= 4 is 6.09 Å². The first-order chi connectivity index (χ1) is 15.5. The average Bonchev–Trinajstić information content (AvgIpc) is 3.10. The van der Waals surface area contributed by atoms with Crippen molar-refractivity contribution in [1.82, 2.24) is 4.90 Å². The number of methoxy groups -OCH3 is 2. The first-order valence-electron chi connectivity index (χ1n) is 12.1. The monoisotopic (exact) mass is 464 g/mol. The number of hydrogen-bond donors (Lipinski definition) is 1. The summed E-state index contributed by atoms with van der Waals surface area (Å²) in [4.78, 5) is 14.3. The Hall–Kier alpha value is -1.99. The average molecular weight is 465 g/mol. The molecule has 0 unspecified atom stereocenters. The maximum Gasteiger partial charge on any atom is 0.410 e. The Morgan fingerprint density at radius 2 is 1.88 bits per heavy atom. The van der Waals surface area contributed by atoms with E-state index in [1.165, 1.54) is 5.56 Å². The summed E-state index contributed by atoms with van der Waals surface area (Å²) >= 11 is 0. The maximum atomic E-state index is 12.5. The molecule has 0 spiro atoms. The predicted octanol–water partition coefficient (Wildman–Crippen LogP) is 4.51. The molecular weight excluding hydrogens is 420 g/mol. The fourth-order valence-electron chi connectivity index (χ4n) is 4.25. The van der Waals surface area contributed by atoms with E-state index in [4.69, 9.17) is 24.7 Å². The highest BCUT2D eigenvalue weighted by Gasteiger charge is 2.36. The van der Waals surface area contributed by atoms with E-state index in [1.807, 2.05) is 26.8 Å². The number of nitrogens with zero attached hydrogens (tertiary/aromatic N) is 1. The number of carbonyl (C=O) groups excluding carboxylic acids is 1. The lowest BCUT2D eigenvalue weighted by atomic mass is 9.81. The number of carbonyl (C=O) groups is 1. The molecule has 1 aromatic carbocycles. The highest BCUT2D eigenvalue weighted by Crippen LogP contribution is 2.33. The number of benzene rings is 1. The first-order valence-corrected chi connectivity index (χ1v) is 12.1. The number of nitrogens with two attached hydrogens (primary N) is 1. The molecule has 7 heteroatoms. The molecule has 0 radical (unpaired) electrons. The molecule has 33 heavy (non-hydrogen) atoms. The van der Waals surface area contributed by atoms with E-state index in [0.29, 0.717) is 38.1 Å². The van der Waals surface area contributed by atoms with Crippen LogP contribution in [0.4, 0.5) is 4.79 Å². The number of rotatable bonds is 11. The van der Waals surface area contributed by atoms with Crippen LogP contribution in [0.3, 0.4) is 0 Å². The third-order valence-electron chi connectivity index (χ3n) is 6.17. The van der Waals surface area contributed by atoms with Gasteiger partial charge in [0.1, 0.15) is 5.60 Å². The second-order valence-electron chi connectivity index (χ2n) is 10.4. The third-order valence-corrected chi connectivity index (χ3v) is 6.17. The SMILES string of the molecule is COCCCOc1cc(C[C@@H](C[C@H]2CN(C(=O)OC(C)(C)C)C[C@H]2N)C(C)C)ccc1OC. The van der Waals surface area contributed by atoms with Crippen LogP contribution in [0, 0.1) is 17.8 Å². The van der Waals surface area contributed by atoms with Gasteiger partial charge in [-0.2, -0.15) is 0 Å². The van der Waals surface area contributed by atoms with Gasteiger partial charge in [-0.3, -0.25) is 0 Å². The number of ether oxygens (including phenoxy) is 4. The molecule has 7 nitrogen and oxygen atoms in total. The van der Waals surface area contributed by atoms with E-state index in [0.717, 1.165) is 30.8 Å². The van der Waals surface area contributed by atoms with Crippen molar-refractivity contribution in [1.29, 1.82) is 0 Å². The molecule has 188 valence electrons. The van der Waals surface area contributed by atoms with Gasteiger partial charge in [-0.15, -0.1) is 0 Å². The van der Waals surface area contributed by atoms with Crippen LogP contribution in [-0.4, -0.2) is 63.2 Å². The molecule has 1 fully saturated rings. The smallest absolute Gasteiger partial charge is 0.410 e. The van der Waals surface area contributed by atoms with Crippen LogP contribution in [0.15, 0.2) is 18.2 Å². The molecule has 1 aliphatic rings. The number of likely N-dealkylation sites (tertiary alicyclic amines) is 1. The summed E-state index contributed by atoms with van der Waals surface area (Å²) in [5.41, 5.74) is 7.17. The van der Waals surface area contributed by atoms with Gasteiger partial charge in [-0.05, 0) is 69.1 Å². The zero-order valence-electron chi connectivity index (χ0n) is 21.6. The van der Waals surface area contributed by atoms with Gasteiger partial charge in [-0.1, -0.05) is 19.9 Å². The Morgan fingerprint density at radius 1 is 1.15 bits per heavy atom. The molecule has 1 saturated heterocycles. The molecule has 1 aliphatic heterocycles. The van der Waals surface area contributed by atoms with Crippen molar-refractivity contribution in [2.24, 2.45) is 23.5 Å². The molecule has 0 bridgehead atoms. The molecule has 2 N–H and O–H groups in total. The van der Waals surface area contributed by atoms with E-state index in [9.17, 15) is 4.79 Å². The summed E-state index contributed by atoms with van der Waals surface area (Å²) in [6, 6.07) is 6.14. The van der Waals surface area contributed by atoms with Gasteiger partial charge in [-0.25, -0.2) is 4.79 Å². The Labute approximate surface area is 199 Å². The van der Waals surface area contributed by atoms with Crippen molar-refractivity contribution in [3.8, 4) is 11.5 Å². The second-order valence-corrected chi connectivity index (χ2v) is 10.4. The van der Waals surface area contributed by atoms with E-state index in [1.54, 1.807) is 19.1 Å². The zero-order valence-corrected chi connectivity index (χ0v) is 21.6. The van der Waals surface area contributed by atoms with Crippen LogP contribution in [0.5, 0.6) is 11.5 Å². The topological polar surface area (TPSA) is 83.2 Å². The summed E-state index contributed by atoms with van der Waals surface area (Å²) in [6.07, 6.45) is 2.44. The summed E-state index contributed by atoms with van der Waals surface area (Å²) in [6.45, 7) is 12.6. The maximum absolute atomic E-state index is 12.5. The summed E-state index contributed by atoms with van der Waals surface area (Å²) in [7, 11) is 3.35. The molecule has 0 saturated carbocycles. The molecule has 2 rings (SSSR count). The normalized spacial score (nSPS) is 19.6. The Bertz CT molecular complexity index is 747. The summed E-state index contributed by atoms with van der Waals surface area (Å²) in [5.74, 6) is 2.69. The lowest BCUT2D eigenvalue weighted by Crippen LogP contribution is -2.36. The van der Waals surface area contributed by atoms with Crippen LogP contribution in [-0.2, 0) is 15.9 Å². The van der Waals surface area contributed by atoms with Crippen LogP contribution in [0.25, 0.3) is 0 Å². The zero-order chi connectivity index (χ0) is 24.6. The van der Waals surface area contributed by atoms with Crippen molar-refractivity contribution in [2.45, 2.75) is 65.5 Å². The largest absolute Gasteiger partial charge is 0.493 e. The molecular formula is C26H44N2O5. The molecule has 0 aromatic heterocycles. The van der Waals surface area contributed by atoms with Crippen molar-refractivity contribution in [3.05, 3.63) is 23.8 Å². The van der Waals surface area contributed by atoms with Crippen LogP contribution in [0.2, 0.25) is 0 Å². The van der Waals surface area contributed by atoms with E-state index >= 15 is 0 Å². The van der Waals surface area contributed by atoms with Crippen molar-refractivity contribution in [2.75, 3.05) is 40.5 Å². The minimum absolute atomic E-state index is 0.0330. The van der Waals surface area contributed by atoms with Crippen LogP contribution >= 0.6 is 0 Å². The highest BCUT2D eigenvalue weighted by molar-refractivity contribution is 5.68. The van der Waals surface area contributed by atoms with Gasteiger partial charge in [0.25, 0.3) is 0 Å². The van der Waals surface area contributed by atoms with E-state index < -0.39 is 5.60 Å².